The van der Waals surface area contributed by atoms with E-state index in [4.69, 9.17) is 7.76 Å². The van der Waals surface area contributed by atoms with Crippen LogP contribution in [0.15, 0.2) is 35.4 Å². The fourth-order valence-electron chi connectivity index (χ4n) is 8.91. The minimum absolute atomic E-state index is 0.808. The van der Waals surface area contributed by atoms with Gasteiger partial charge in [-0.05, 0) is 160 Å². The molecule has 1 aliphatic rings. The third kappa shape index (κ3) is 20.1. The Labute approximate surface area is 397 Å². The molecule has 63 heavy (non-hydrogen) atoms. The Morgan fingerprint density at radius 2 is 0.667 bits per heavy atom. The van der Waals surface area contributed by atoms with E-state index in [0.29, 0.717) is 0 Å². The van der Waals surface area contributed by atoms with Crippen molar-refractivity contribution in [1.29, 1.82) is 0 Å². The van der Waals surface area contributed by atoms with Crippen molar-refractivity contribution in [2.45, 2.75) is 262 Å². The summed E-state index contributed by atoms with van der Waals surface area (Å²) in [6, 6.07) is 10.1. The zero-order chi connectivity index (χ0) is 46.1. The van der Waals surface area contributed by atoms with Gasteiger partial charge in [-0.3, -0.25) is 0 Å². The predicted octanol–water partition coefficient (Wildman–Crippen LogP) is 18.6. The normalized spacial score (nSPS) is 12.9. The second kappa shape index (κ2) is 36.1. The van der Waals surface area contributed by atoms with E-state index in [1.54, 1.807) is 15.8 Å². The molecule has 0 aromatic heterocycles. The topological polar surface area (TPSA) is 43.8 Å². The summed E-state index contributed by atoms with van der Waals surface area (Å²) in [5, 5.41) is 0. The number of unbranched alkanes of at least 4 members (excludes halogenated alkanes) is 12. The summed E-state index contributed by atoms with van der Waals surface area (Å²) >= 11 is 0.968. The molecule has 0 saturated carbocycles. The molecule has 0 saturated heterocycles. The third-order valence-electron chi connectivity index (χ3n) is 12.8. The zero-order valence-corrected chi connectivity index (χ0v) is 44.0. The molecular weight excluding hydrogens is 815 g/mol. The number of allylic oxidation sites excluding steroid dienone is 2. The van der Waals surface area contributed by atoms with Gasteiger partial charge in [0.15, 0.2) is 0 Å². The Morgan fingerprint density at radius 1 is 0.365 bits per heavy atom. The van der Waals surface area contributed by atoms with Crippen LogP contribution in [0.4, 0.5) is 0 Å². The summed E-state index contributed by atoms with van der Waals surface area (Å²) in [5.41, 5.74) is 29.7. The molecular formula is C58H98N2NiO2. The van der Waals surface area contributed by atoms with Crippen LogP contribution in [-0.4, -0.2) is 17.9 Å². The van der Waals surface area contributed by atoms with E-state index < -0.39 is 0 Å². The average molecular weight is 914 g/mol. The molecule has 2 aromatic rings. The predicted molar refractivity (Wildman–Crippen MR) is 272 cm³/mol. The van der Waals surface area contributed by atoms with Crippen LogP contribution in [0, 0.1) is 0 Å². The second-order valence-corrected chi connectivity index (χ2v) is 19.1. The molecule has 1 aliphatic heterocycles. The molecule has 0 amide bonds. The summed E-state index contributed by atoms with van der Waals surface area (Å²) in [6.07, 6.45) is 35.5. The molecule has 0 fully saturated rings. The molecule has 0 aliphatic carbocycles. The van der Waals surface area contributed by atoms with Gasteiger partial charge < -0.3 is 5.53 Å². The Morgan fingerprint density at radius 3 is 1.00 bits per heavy atom. The van der Waals surface area contributed by atoms with Crippen LogP contribution in [0.2, 0.25) is 0 Å². The van der Waals surface area contributed by atoms with Gasteiger partial charge in [-0.25, -0.2) is 4.70 Å². The van der Waals surface area contributed by atoms with Crippen LogP contribution < -0.4 is 0 Å². The number of aryl methyl sites for hydroxylation is 4. The summed E-state index contributed by atoms with van der Waals surface area (Å²) in [5.74, 6) is 0. The second-order valence-electron chi connectivity index (χ2n) is 18.4. The van der Waals surface area contributed by atoms with Crippen LogP contribution in [-0.2, 0) is 61.4 Å². The van der Waals surface area contributed by atoms with Crippen molar-refractivity contribution in [1.82, 2.24) is 0 Å². The van der Waals surface area contributed by atoms with Crippen molar-refractivity contribution < 1.29 is 27.5 Å². The van der Waals surface area contributed by atoms with E-state index in [1.807, 2.05) is 0 Å². The van der Waals surface area contributed by atoms with E-state index >= 15 is 0 Å². The SMILES string of the molecule is CCCCCCC1=C(c2cc(CCCC)c(CCCC)c(CCCC)c2)[N+](=[N-])C(c2cc(CCCC)c(CCCC)c(CCCC)c2)=C1CCCC.CCCC[O][Ni][O]CCCC. The molecule has 0 spiro atoms. The molecule has 4 nitrogen and oxygen atoms in total. The molecule has 0 N–H and O–H groups in total. The molecule has 362 valence electrons. The monoisotopic (exact) mass is 913 g/mol. The number of hydrogen-bond donors (Lipinski definition) is 0. The van der Waals surface area contributed by atoms with Gasteiger partial charge in [0, 0.05) is 22.3 Å². The molecule has 0 unspecified atom stereocenters. The fourth-order valence-corrected chi connectivity index (χ4v) is 9.44. The van der Waals surface area contributed by atoms with Crippen LogP contribution in [0.25, 0.3) is 16.9 Å². The number of rotatable bonds is 36. The third-order valence-corrected chi connectivity index (χ3v) is 13.4. The van der Waals surface area contributed by atoms with Gasteiger partial charge in [0.25, 0.3) is 0 Å². The quantitative estimate of drug-likeness (QED) is 0.0388. The minimum atomic E-state index is 0.808. The van der Waals surface area contributed by atoms with Crippen molar-refractivity contribution >= 4 is 11.4 Å². The molecule has 2 aromatic carbocycles. The summed E-state index contributed by atoms with van der Waals surface area (Å²) < 4.78 is 12.0. The van der Waals surface area contributed by atoms with Gasteiger partial charge in [-0.1, -0.05) is 120 Å². The molecule has 0 atom stereocenters. The van der Waals surface area contributed by atoms with Crippen LogP contribution in [0.3, 0.4) is 0 Å². The first-order valence-electron chi connectivity index (χ1n) is 26.9. The Kier molecular flexibility index (Phi) is 32.7. The van der Waals surface area contributed by atoms with Gasteiger partial charge in [-0.2, -0.15) is 0 Å². The van der Waals surface area contributed by atoms with Gasteiger partial charge in [0.2, 0.25) is 11.4 Å². The number of nitrogens with zero attached hydrogens (tertiary/aromatic N) is 2. The first-order chi connectivity index (χ1) is 30.8. The molecule has 5 heteroatoms. The van der Waals surface area contributed by atoms with Crippen LogP contribution in [0.1, 0.15) is 268 Å². The summed E-state index contributed by atoms with van der Waals surface area (Å²) in [4.78, 5) is 0. The maximum absolute atomic E-state index is 12.8. The van der Waals surface area contributed by atoms with Crippen molar-refractivity contribution in [2.75, 3.05) is 13.2 Å². The van der Waals surface area contributed by atoms with Gasteiger partial charge in [-0.15, -0.1) is 0 Å². The van der Waals surface area contributed by atoms with Crippen molar-refractivity contribution in [3.63, 3.8) is 0 Å². The van der Waals surface area contributed by atoms with Crippen molar-refractivity contribution in [3.8, 4) is 0 Å². The maximum atomic E-state index is 12.8. The van der Waals surface area contributed by atoms with E-state index in [9.17, 15) is 5.53 Å². The van der Waals surface area contributed by atoms with Gasteiger partial charge in [0.1, 0.15) is 0 Å². The van der Waals surface area contributed by atoms with Crippen LogP contribution >= 0.6 is 0 Å². The van der Waals surface area contributed by atoms with Crippen molar-refractivity contribution in [2.24, 2.45) is 0 Å². The van der Waals surface area contributed by atoms with Crippen molar-refractivity contribution in [3.05, 3.63) is 85.5 Å². The molecule has 3 rings (SSSR count). The molecule has 0 bridgehead atoms. The summed E-state index contributed by atoms with van der Waals surface area (Å²) in [7, 11) is 0. The Bertz CT molecular complexity index is 1540. The Hall–Kier alpha value is -2.07. The fraction of sp³-hybridized carbons (Fsp3) is 0.724. The molecule has 0 radical (unpaired) electrons. The van der Waals surface area contributed by atoms with Gasteiger partial charge >= 0.3 is 75.6 Å². The standard InChI is InChI=1S/C50H80N2.2C4H9O.Ni/c1-9-17-25-26-34-48-47(33-24-16-8)49(43-35-39(27-18-10-2)45(31-22-14-6)40(36-43)28-19-11-3)52(51)50(48)44-37-41(29-20-12-4)46(32-23-15-7)42(38-44)30-21-13-5;2*1-2-3-4-5;/h35-38H,9-34H2,1-8H3;2*2-4H2,1H3;/q;2*-1;+2. The first-order valence-corrected chi connectivity index (χ1v) is 27.7. The molecule has 1 heterocycles. The van der Waals surface area contributed by atoms with E-state index in [-0.39, 0.29) is 0 Å². The van der Waals surface area contributed by atoms with Crippen LogP contribution in [0.5, 0.6) is 0 Å². The number of hydrogen-bond acceptors (Lipinski definition) is 2. The van der Waals surface area contributed by atoms with E-state index in [1.165, 1.54) is 173 Å². The first kappa shape index (κ1) is 57.1. The van der Waals surface area contributed by atoms with E-state index in [0.717, 1.165) is 104 Å². The van der Waals surface area contributed by atoms with E-state index in [2.05, 4.69) is 93.5 Å². The Balaban J connectivity index is 0.00000109. The summed E-state index contributed by atoms with van der Waals surface area (Å²) in [6.45, 7) is 24.5. The zero-order valence-electron chi connectivity index (χ0n) is 43.0. The van der Waals surface area contributed by atoms with Gasteiger partial charge in [0.05, 0.1) is 0 Å². The average Bonchev–Trinajstić information content (AvgIpc) is 3.57. The number of benzene rings is 2.